The van der Waals surface area contributed by atoms with Crippen molar-refractivity contribution in [2.24, 2.45) is 0 Å². The zero-order valence-corrected chi connectivity index (χ0v) is 13.9. The van der Waals surface area contributed by atoms with Crippen LogP contribution in [0.4, 0.5) is 0 Å². The van der Waals surface area contributed by atoms with Crippen LogP contribution in [-0.4, -0.2) is 55.6 Å². The third kappa shape index (κ3) is 4.20. The van der Waals surface area contributed by atoms with E-state index in [9.17, 15) is 0 Å². The van der Waals surface area contributed by atoms with Gasteiger partial charge in [-0.05, 0) is 45.3 Å². The van der Waals surface area contributed by atoms with Crippen LogP contribution in [0.3, 0.4) is 0 Å². The van der Waals surface area contributed by atoms with Gasteiger partial charge in [0.05, 0.1) is 18.8 Å². The lowest BCUT2D eigenvalue weighted by atomic mass is 9.95. The Labute approximate surface area is 137 Å². The van der Waals surface area contributed by atoms with Crippen LogP contribution >= 0.6 is 0 Å². The average molecular weight is 317 g/mol. The molecule has 23 heavy (non-hydrogen) atoms. The van der Waals surface area contributed by atoms with Gasteiger partial charge in [0, 0.05) is 37.6 Å². The summed E-state index contributed by atoms with van der Waals surface area (Å²) in [6.45, 7) is 7.24. The number of aromatic nitrogens is 4. The van der Waals surface area contributed by atoms with Crippen LogP contribution in [0.15, 0.2) is 24.7 Å². The van der Waals surface area contributed by atoms with E-state index < -0.39 is 0 Å². The third-order valence-corrected chi connectivity index (χ3v) is 4.71. The van der Waals surface area contributed by atoms with Crippen LogP contribution in [-0.2, 0) is 13.1 Å². The lowest BCUT2D eigenvalue weighted by Gasteiger charge is -2.32. The number of nitrogens with zero attached hydrogens (tertiary/aromatic N) is 5. The first-order valence-corrected chi connectivity index (χ1v) is 8.60. The normalized spacial score (nSPS) is 19.3. The second kappa shape index (κ2) is 7.75. The molecule has 1 aliphatic rings. The van der Waals surface area contributed by atoms with Crippen molar-refractivity contribution in [2.75, 3.05) is 26.2 Å². The van der Waals surface area contributed by atoms with Gasteiger partial charge in [0.15, 0.2) is 0 Å². The Kier molecular flexibility index (Phi) is 5.46. The molecule has 1 fully saturated rings. The molecule has 0 radical (unpaired) electrons. The second-order valence-corrected chi connectivity index (χ2v) is 6.39. The van der Waals surface area contributed by atoms with Gasteiger partial charge in [-0.1, -0.05) is 0 Å². The van der Waals surface area contributed by atoms with Crippen molar-refractivity contribution in [3.8, 4) is 0 Å². The van der Waals surface area contributed by atoms with E-state index in [1.54, 1.807) is 0 Å². The first kappa shape index (κ1) is 16.2. The fourth-order valence-corrected chi connectivity index (χ4v) is 3.43. The van der Waals surface area contributed by atoms with Gasteiger partial charge < -0.3 is 14.6 Å². The predicted octanol–water partition coefficient (Wildman–Crippen LogP) is 1.65. The van der Waals surface area contributed by atoms with Crippen LogP contribution in [0.2, 0.25) is 0 Å². The highest BCUT2D eigenvalue weighted by molar-refractivity contribution is 5.08. The molecule has 6 heteroatoms. The Hall–Kier alpha value is -1.66. The summed E-state index contributed by atoms with van der Waals surface area (Å²) >= 11 is 0. The maximum Gasteiger partial charge on any atom is 0.105 e. The van der Waals surface area contributed by atoms with E-state index in [1.165, 1.54) is 25.1 Å². The topological polar surface area (TPSA) is 59.1 Å². The largest absolute Gasteiger partial charge is 0.394 e. The van der Waals surface area contributed by atoms with Crippen LogP contribution in [0, 0.1) is 6.92 Å². The lowest BCUT2D eigenvalue weighted by molar-refractivity contribution is 0.200. The minimum atomic E-state index is 0.144. The molecule has 0 aromatic carbocycles. The van der Waals surface area contributed by atoms with Gasteiger partial charge in [-0.15, -0.1) is 0 Å². The minimum absolute atomic E-state index is 0.144. The van der Waals surface area contributed by atoms with Gasteiger partial charge in [0.2, 0.25) is 0 Å². The van der Waals surface area contributed by atoms with Crippen molar-refractivity contribution in [3.63, 3.8) is 0 Å². The number of rotatable bonds is 7. The molecule has 1 aliphatic heterocycles. The molecule has 1 N–H and O–H groups in total. The minimum Gasteiger partial charge on any atom is -0.394 e. The van der Waals surface area contributed by atoms with Gasteiger partial charge in [0.1, 0.15) is 5.82 Å². The highest BCUT2D eigenvalue weighted by atomic mass is 16.3. The fraction of sp³-hybridized carbons (Fsp3) is 0.647. The molecule has 3 rings (SSSR count). The van der Waals surface area contributed by atoms with Crippen molar-refractivity contribution in [1.82, 2.24) is 24.2 Å². The number of hydrogen-bond donors (Lipinski definition) is 1. The van der Waals surface area contributed by atoms with E-state index >= 15 is 0 Å². The Morgan fingerprint density at radius 1 is 1.26 bits per heavy atom. The molecule has 0 spiro atoms. The van der Waals surface area contributed by atoms with Crippen molar-refractivity contribution < 1.29 is 5.11 Å². The van der Waals surface area contributed by atoms with E-state index in [1.807, 2.05) is 17.1 Å². The summed E-state index contributed by atoms with van der Waals surface area (Å²) in [5.74, 6) is 1.62. The third-order valence-electron chi connectivity index (χ3n) is 4.71. The van der Waals surface area contributed by atoms with E-state index in [0.29, 0.717) is 12.5 Å². The second-order valence-electron chi connectivity index (χ2n) is 6.39. The molecule has 0 saturated carbocycles. The number of aryl methyl sites for hydroxylation is 2. The average Bonchev–Trinajstić information content (AvgIpc) is 3.18. The van der Waals surface area contributed by atoms with E-state index in [-0.39, 0.29) is 6.61 Å². The molecular formula is C17H27N5O. The number of aliphatic hydroxyl groups is 1. The standard InChI is InChI=1S/C17H27N5O/c1-15-18-6-11-21(15)9-3-8-20-7-2-4-16(14-20)17-5-10-22(19-17)12-13-23/h5-6,10-11,16,23H,2-4,7-9,12-14H2,1H3. The molecule has 0 bridgehead atoms. The fourth-order valence-electron chi connectivity index (χ4n) is 3.43. The van der Waals surface area contributed by atoms with Crippen molar-refractivity contribution in [1.29, 1.82) is 0 Å². The number of imidazole rings is 1. The molecule has 1 unspecified atom stereocenters. The molecule has 3 heterocycles. The first-order valence-electron chi connectivity index (χ1n) is 8.60. The highest BCUT2D eigenvalue weighted by Crippen LogP contribution is 2.25. The highest BCUT2D eigenvalue weighted by Gasteiger charge is 2.22. The van der Waals surface area contributed by atoms with Crippen molar-refractivity contribution in [2.45, 2.75) is 45.2 Å². The molecular weight excluding hydrogens is 290 g/mol. The summed E-state index contributed by atoms with van der Waals surface area (Å²) in [4.78, 5) is 6.83. The van der Waals surface area contributed by atoms with Gasteiger partial charge in [-0.2, -0.15) is 5.10 Å². The van der Waals surface area contributed by atoms with E-state index in [0.717, 1.165) is 31.9 Å². The van der Waals surface area contributed by atoms with E-state index in [4.69, 9.17) is 5.11 Å². The quantitative estimate of drug-likeness (QED) is 0.843. The van der Waals surface area contributed by atoms with Crippen molar-refractivity contribution >= 4 is 0 Å². The number of hydrogen-bond acceptors (Lipinski definition) is 4. The summed E-state index contributed by atoms with van der Waals surface area (Å²) in [5, 5.41) is 13.6. The molecule has 1 atom stereocenters. The number of likely N-dealkylation sites (tertiary alicyclic amines) is 1. The number of piperidine rings is 1. The van der Waals surface area contributed by atoms with E-state index in [2.05, 4.69) is 38.7 Å². The molecule has 0 amide bonds. The van der Waals surface area contributed by atoms with Gasteiger partial charge >= 0.3 is 0 Å². The van der Waals surface area contributed by atoms with Crippen LogP contribution in [0.5, 0.6) is 0 Å². The van der Waals surface area contributed by atoms with Crippen LogP contribution < -0.4 is 0 Å². The Bertz CT molecular complexity index is 606. The zero-order chi connectivity index (χ0) is 16.1. The summed E-state index contributed by atoms with van der Waals surface area (Å²) in [6.07, 6.45) is 9.52. The maximum atomic E-state index is 9.00. The molecule has 0 aliphatic carbocycles. The predicted molar refractivity (Wildman–Crippen MR) is 89.3 cm³/mol. The molecule has 6 nitrogen and oxygen atoms in total. The monoisotopic (exact) mass is 317 g/mol. The first-order chi connectivity index (χ1) is 11.3. The SMILES string of the molecule is Cc1nccn1CCCN1CCCC(c2ccn(CCO)n2)C1. The zero-order valence-electron chi connectivity index (χ0n) is 13.9. The maximum absolute atomic E-state index is 9.00. The summed E-state index contributed by atoms with van der Waals surface area (Å²) in [7, 11) is 0. The Morgan fingerprint density at radius 3 is 2.96 bits per heavy atom. The van der Waals surface area contributed by atoms with Crippen LogP contribution in [0.25, 0.3) is 0 Å². The summed E-state index contributed by atoms with van der Waals surface area (Å²) in [5.41, 5.74) is 1.17. The molecule has 2 aromatic heterocycles. The summed E-state index contributed by atoms with van der Waals surface area (Å²) in [6, 6.07) is 2.11. The number of aliphatic hydroxyl groups excluding tert-OH is 1. The van der Waals surface area contributed by atoms with Crippen molar-refractivity contribution in [3.05, 3.63) is 36.2 Å². The molecule has 2 aromatic rings. The lowest BCUT2D eigenvalue weighted by Crippen LogP contribution is -2.35. The van der Waals surface area contributed by atoms with Crippen LogP contribution in [0.1, 0.15) is 36.7 Å². The smallest absolute Gasteiger partial charge is 0.105 e. The Morgan fingerprint density at radius 2 is 2.17 bits per heavy atom. The molecule has 1 saturated heterocycles. The molecule has 126 valence electrons. The van der Waals surface area contributed by atoms with Gasteiger partial charge in [-0.3, -0.25) is 4.68 Å². The van der Waals surface area contributed by atoms with Gasteiger partial charge in [-0.25, -0.2) is 4.98 Å². The summed E-state index contributed by atoms with van der Waals surface area (Å²) < 4.78 is 4.06. The Balaban J connectivity index is 1.48. The van der Waals surface area contributed by atoms with Gasteiger partial charge in [0.25, 0.3) is 0 Å².